The summed E-state index contributed by atoms with van der Waals surface area (Å²) in [5.74, 6) is -1.02. The van der Waals surface area contributed by atoms with Gasteiger partial charge >= 0.3 is 12.1 Å². The molecule has 0 radical (unpaired) electrons. The van der Waals surface area contributed by atoms with Crippen molar-refractivity contribution >= 4 is 20.1 Å². The Balaban J connectivity index is 3.98. The molecule has 0 atom stereocenters. The van der Waals surface area contributed by atoms with E-state index in [2.05, 4.69) is 19.6 Å². The van der Waals surface area contributed by atoms with Crippen LogP contribution >= 0.6 is 0 Å². The molecule has 0 aliphatic carbocycles. The van der Waals surface area contributed by atoms with E-state index in [9.17, 15) is 9.59 Å². The summed E-state index contributed by atoms with van der Waals surface area (Å²) < 4.78 is 5.03. The average Bonchev–Trinajstić information content (AvgIpc) is 2.11. The quantitative estimate of drug-likeness (QED) is 0.728. The maximum Gasteiger partial charge on any atom is 0.410 e. The maximum absolute atomic E-state index is 11.5. The third-order valence-corrected chi connectivity index (χ3v) is 3.75. The van der Waals surface area contributed by atoms with Crippen molar-refractivity contribution in [3.63, 3.8) is 0 Å². The van der Waals surface area contributed by atoms with Crippen molar-refractivity contribution in [2.45, 2.75) is 32.6 Å². The van der Waals surface area contributed by atoms with Crippen molar-refractivity contribution < 1.29 is 19.4 Å². The third-order valence-electron chi connectivity index (χ3n) is 2.04. The lowest BCUT2D eigenvalue weighted by Gasteiger charge is -2.20. The number of likely N-dealkylation sites (N-methyl/N-ethyl adjacent to an activating group) is 1. The van der Waals surface area contributed by atoms with Gasteiger partial charge in [0.1, 0.15) is 6.54 Å². The van der Waals surface area contributed by atoms with Gasteiger partial charge in [-0.25, -0.2) is 4.79 Å². The first-order valence-corrected chi connectivity index (χ1v) is 9.10. The normalized spacial score (nSPS) is 11.0. The van der Waals surface area contributed by atoms with Crippen LogP contribution in [0.1, 0.15) is 6.92 Å². The van der Waals surface area contributed by atoms with Crippen LogP contribution in [-0.2, 0) is 9.53 Å². The monoisotopic (exact) mass is 247 g/mol. The molecule has 1 N–H and O–H groups in total. The Labute approximate surface area is 97.4 Å². The van der Waals surface area contributed by atoms with E-state index in [4.69, 9.17) is 9.84 Å². The SMILES string of the molecule is CCN(CC(=O)O)C(=O)OCC[Si](C)(C)C. The van der Waals surface area contributed by atoms with Gasteiger partial charge in [-0.1, -0.05) is 19.6 Å². The van der Waals surface area contributed by atoms with Gasteiger partial charge in [-0.3, -0.25) is 9.69 Å². The van der Waals surface area contributed by atoms with Gasteiger partial charge in [0.25, 0.3) is 0 Å². The number of ether oxygens (including phenoxy) is 1. The summed E-state index contributed by atoms with van der Waals surface area (Å²) in [6, 6.07) is 0.892. The van der Waals surface area contributed by atoms with E-state index in [1.165, 1.54) is 4.90 Å². The predicted molar refractivity (Wildman–Crippen MR) is 64.4 cm³/mol. The number of carbonyl (C=O) groups is 2. The fourth-order valence-corrected chi connectivity index (χ4v) is 1.72. The van der Waals surface area contributed by atoms with Crippen molar-refractivity contribution in [1.29, 1.82) is 0 Å². The van der Waals surface area contributed by atoms with Crippen LogP contribution < -0.4 is 0 Å². The van der Waals surface area contributed by atoms with Crippen LogP contribution in [0.4, 0.5) is 4.79 Å². The fourth-order valence-electron chi connectivity index (χ4n) is 1.00. The van der Waals surface area contributed by atoms with Crippen LogP contribution in [-0.4, -0.2) is 49.8 Å². The number of carboxylic acids is 1. The van der Waals surface area contributed by atoms with Crippen LogP contribution in [0.3, 0.4) is 0 Å². The van der Waals surface area contributed by atoms with Gasteiger partial charge in [0.05, 0.1) is 6.61 Å². The molecule has 16 heavy (non-hydrogen) atoms. The number of nitrogens with zero attached hydrogens (tertiary/aromatic N) is 1. The van der Waals surface area contributed by atoms with Gasteiger partial charge < -0.3 is 9.84 Å². The van der Waals surface area contributed by atoms with E-state index in [1.54, 1.807) is 6.92 Å². The molecule has 0 rings (SSSR count). The minimum atomic E-state index is -1.21. The Kier molecular flexibility index (Phi) is 6.10. The molecular weight excluding hydrogens is 226 g/mol. The second-order valence-corrected chi connectivity index (χ2v) is 10.5. The molecule has 0 aromatic heterocycles. The smallest absolute Gasteiger partial charge is 0.410 e. The molecule has 1 amide bonds. The molecular formula is C10H21NO4Si. The van der Waals surface area contributed by atoms with E-state index in [0.717, 1.165) is 6.04 Å². The molecule has 0 fully saturated rings. The van der Waals surface area contributed by atoms with Crippen LogP contribution in [0.2, 0.25) is 25.7 Å². The largest absolute Gasteiger partial charge is 0.480 e. The zero-order valence-electron chi connectivity index (χ0n) is 10.4. The van der Waals surface area contributed by atoms with Crippen LogP contribution in [0.5, 0.6) is 0 Å². The lowest BCUT2D eigenvalue weighted by Crippen LogP contribution is -2.36. The Morgan fingerprint density at radius 2 is 1.88 bits per heavy atom. The molecule has 0 heterocycles. The Morgan fingerprint density at radius 3 is 2.25 bits per heavy atom. The van der Waals surface area contributed by atoms with E-state index in [0.29, 0.717) is 13.2 Å². The van der Waals surface area contributed by atoms with E-state index in [1.807, 2.05) is 0 Å². The summed E-state index contributed by atoms with van der Waals surface area (Å²) >= 11 is 0. The molecule has 0 aliphatic rings. The second kappa shape index (κ2) is 6.52. The molecule has 6 heteroatoms. The van der Waals surface area contributed by atoms with Crippen LogP contribution in [0.25, 0.3) is 0 Å². The molecule has 0 aliphatic heterocycles. The van der Waals surface area contributed by atoms with Crippen molar-refractivity contribution in [3.05, 3.63) is 0 Å². The minimum Gasteiger partial charge on any atom is -0.480 e. The number of aliphatic carboxylic acids is 1. The standard InChI is InChI=1S/C10H21NO4Si/c1-5-11(8-9(12)13)10(14)15-6-7-16(2,3)4/h5-8H2,1-4H3,(H,12,13). The first kappa shape index (κ1) is 15.0. The van der Waals surface area contributed by atoms with Gasteiger partial charge in [0.15, 0.2) is 0 Å². The highest BCUT2D eigenvalue weighted by molar-refractivity contribution is 6.76. The topological polar surface area (TPSA) is 66.8 Å². The molecule has 0 saturated carbocycles. The number of carboxylic acid groups (broad SMARTS) is 1. The van der Waals surface area contributed by atoms with Crippen molar-refractivity contribution in [3.8, 4) is 0 Å². The number of rotatable bonds is 6. The highest BCUT2D eigenvalue weighted by Gasteiger charge is 2.18. The van der Waals surface area contributed by atoms with E-state index in [-0.39, 0.29) is 6.54 Å². The van der Waals surface area contributed by atoms with Crippen molar-refractivity contribution in [1.82, 2.24) is 4.90 Å². The Morgan fingerprint density at radius 1 is 1.31 bits per heavy atom. The molecule has 0 aromatic rings. The molecule has 0 saturated heterocycles. The molecule has 0 unspecified atom stereocenters. The number of carbonyl (C=O) groups excluding carboxylic acids is 1. The predicted octanol–water partition coefficient (Wildman–Crippen LogP) is 1.87. The van der Waals surface area contributed by atoms with Crippen LogP contribution in [0, 0.1) is 0 Å². The van der Waals surface area contributed by atoms with Gasteiger partial charge in [-0.05, 0) is 13.0 Å². The summed E-state index contributed by atoms with van der Waals surface area (Å²) in [6.07, 6.45) is -0.539. The lowest BCUT2D eigenvalue weighted by atomic mass is 10.5. The second-order valence-electron chi connectivity index (χ2n) is 4.83. The summed E-state index contributed by atoms with van der Waals surface area (Å²) in [6.45, 7) is 8.72. The number of hydrogen-bond donors (Lipinski definition) is 1. The lowest BCUT2D eigenvalue weighted by molar-refractivity contribution is -0.137. The third kappa shape index (κ3) is 7.28. The summed E-state index contributed by atoms with van der Waals surface area (Å²) in [7, 11) is -1.21. The molecule has 0 aromatic carbocycles. The molecule has 5 nitrogen and oxygen atoms in total. The zero-order valence-corrected chi connectivity index (χ0v) is 11.4. The summed E-state index contributed by atoms with van der Waals surface area (Å²) in [5, 5.41) is 8.58. The highest BCUT2D eigenvalue weighted by atomic mass is 28.3. The number of hydrogen-bond acceptors (Lipinski definition) is 3. The first-order chi connectivity index (χ1) is 7.26. The van der Waals surface area contributed by atoms with Gasteiger partial charge in [-0.15, -0.1) is 0 Å². The fraction of sp³-hybridized carbons (Fsp3) is 0.800. The minimum absolute atomic E-state index is 0.303. The van der Waals surface area contributed by atoms with E-state index < -0.39 is 20.1 Å². The molecule has 94 valence electrons. The van der Waals surface area contributed by atoms with Crippen LogP contribution in [0.15, 0.2) is 0 Å². The van der Waals surface area contributed by atoms with E-state index >= 15 is 0 Å². The Hall–Kier alpha value is -1.04. The summed E-state index contributed by atoms with van der Waals surface area (Å²) in [4.78, 5) is 23.1. The first-order valence-electron chi connectivity index (χ1n) is 5.39. The Bertz CT molecular complexity index is 250. The highest BCUT2D eigenvalue weighted by Crippen LogP contribution is 2.08. The number of amides is 1. The zero-order chi connectivity index (χ0) is 12.8. The van der Waals surface area contributed by atoms with Gasteiger partial charge in [-0.2, -0.15) is 0 Å². The molecule has 0 bridgehead atoms. The summed E-state index contributed by atoms with van der Waals surface area (Å²) in [5.41, 5.74) is 0. The van der Waals surface area contributed by atoms with Gasteiger partial charge in [0.2, 0.25) is 0 Å². The van der Waals surface area contributed by atoms with Crippen molar-refractivity contribution in [2.75, 3.05) is 19.7 Å². The average molecular weight is 247 g/mol. The molecule has 0 spiro atoms. The van der Waals surface area contributed by atoms with Gasteiger partial charge in [0, 0.05) is 14.6 Å². The maximum atomic E-state index is 11.5. The van der Waals surface area contributed by atoms with Crippen molar-refractivity contribution in [2.24, 2.45) is 0 Å².